The monoisotopic (exact) mass is 325 g/mol. The highest BCUT2D eigenvalue weighted by atomic mass is 16.4. The normalized spacial score (nSPS) is 23.2. The van der Waals surface area contributed by atoms with E-state index >= 15 is 0 Å². The largest absolute Gasteiger partial charge is 0.459 e. The topological polar surface area (TPSA) is 66.5 Å². The second-order valence-electron chi connectivity index (χ2n) is 8.23. The van der Waals surface area contributed by atoms with Crippen LogP contribution in [0.1, 0.15) is 104 Å². The van der Waals surface area contributed by atoms with E-state index in [2.05, 4.69) is 13.8 Å². The van der Waals surface area contributed by atoms with Gasteiger partial charge in [0.1, 0.15) is 0 Å². The van der Waals surface area contributed by atoms with Gasteiger partial charge in [-0.3, -0.25) is 0 Å². The molecule has 0 unspecified atom stereocenters. The summed E-state index contributed by atoms with van der Waals surface area (Å²) in [6, 6.07) is -0.115. The van der Waals surface area contributed by atoms with Gasteiger partial charge in [-0.15, -0.1) is 0 Å². The third-order valence-electron chi connectivity index (χ3n) is 5.76. The van der Waals surface area contributed by atoms with Crippen LogP contribution in [0.25, 0.3) is 0 Å². The first-order valence-electron chi connectivity index (χ1n) is 10.1. The molecule has 1 aliphatic carbocycles. The molecule has 0 bridgehead atoms. The Balaban J connectivity index is 2.73. The Labute approximate surface area is 144 Å². The van der Waals surface area contributed by atoms with Gasteiger partial charge in [-0.1, -0.05) is 84.5 Å². The highest BCUT2D eigenvalue weighted by Gasteiger charge is 2.45. The van der Waals surface area contributed by atoms with E-state index in [1.54, 1.807) is 0 Å². The van der Waals surface area contributed by atoms with Crippen LogP contribution in [0, 0.1) is 5.92 Å². The highest BCUT2D eigenvalue weighted by Crippen LogP contribution is 2.45. The lowest BCUT2D eigenvalue weighted by molar-refractivity contribution is 0.245. The molecular weight excluding hydrogens is 285 g/mol. The Kier molecular flexibility index (Phi) is 10.5. The highest BCUT2D eigenvalue weighted by molar-refractivity contribution is 6.45. The van der Waals surface area contributed by atoms with E-state index in [9.17, 15) is 10.0 Å². The second kappa shape index (κ2) is 11.5. The minimum atomic E-state index is -1.29. The molecule has 0 saturated heterocycles. The van der Waals surface area contributed by atoms with E-state index in [0.717, 1.165) is 32.1 Å². The van der Waals surface area contributed by atoms with Crippen LogP contribution in [-0.2, 0) is 0 Å². The summed E-state index contributed by atoms with van der Waals surface area (Å²) in [4.78, 5) is 0. The third kappa shape index (κ3) is 7.58. The maximum atomic E-state index is 10.2. The molecule has 1 fully saturated rings. The van der Waals surface area contributed by atoms with Crippen LogP contribution >= 0.6 is 0 Å². The summed E-state index contributed by atoms with van der Waals surface area (Å²) < 4.78 is 0. The first-order valence-corrected chi connectivity index (χ1v) is 10.1. The number of nitrogens with two attached hydrogens (primary N) is 1. The molecule has 0 heterocycles. The van der Waals surface area contributed by atoms with Crippen molar-refractivity contribution in [2.75, 3.05) is 0 Å². The molecule has 0 amide bonds. The molecule has 0 aromatic heterocycles. The molecule has 4 heteroatoms. The van der Waals surface area contributed by atoms with Crippen molar-refractivity contribution in [1.82, 2.24) is 0 Å². The summed E-state index contributed by atoms with van der Waals surface area (Å²) in [5.74, 6) is 0.494. The van der Waals surface area contributed by atoms with Gasteiger partial charge in [-0.25, -0.2) is 0 Å². The van der Waals surface area contributed by atoms with Crippen molar-refractivity contribution in [1.29, 1.82) is 0 Å². The van der Waals surface area contributed by atoms with Crippen LogP contribution in [0.15, 0.2) is 0 Å². The van der Waals surface area contributed by atoms with E-state index in [-0.39, 0.29) is 6.04 Å². The van der Waals surface area contributed by atoms with Gasteiger partial charge in [-0.05, 0) is 25.2 Å². The lowest BCUT2D eigenvalue weighted by Crippen LogP contribution is -2.47. The molecule has 23 heavy (non-hydrogen) atoms. The van der Waals surface area contributed by atoms with Crippen molar-refractivity contribution in [3.8, 4) is 0 Å². The quantitative estimate of drug-likeness (QED) is 0.659. The first-order chi connectivity index (χ1) is 11.0. The predicted octanol–water partition coefficient (Wildman–Crippen LogP) is 4.66. The summed E-state index contributed by atoms with van der Waals surface area (Å²) in [5.41, 5.74) is 6.50. The lowest BCUT2D eigenvalue weighted by atomic mass is 9.49. The van der Waals surface area contributed by atoms with Gasteiger partial charge in [0, 0.05) is 11.4 Å². The predicted molar refractivity (Wildman–Crippen MR) is 100 cm³/mol. The van der Waals surface area contributed by atoms with Gasteiger partial charge in [0.05, 0.1) is 0 Å². The standard InChI is InChI=1S/C19H40BNO2/c1-17(2)16-18(21)19(20(22)23)14-12-10-8-6-4-3-5-7-9-11-13-15-19/h17-18,22-23H,3-16,21H2,1-2H3/t18-/m0/s1. The fourth-order valence-corrected chi connectivity index (χ4v) is 4.19. The molecule has 1 saturated carbocycles. The Hall–Kier alpha value is -0.0551. The number of rotatable bonds is 4. The zero-order chi connectivity index (χ0) is 17.1. The fourth-order valence-electron chi connectivity index (χ4n) is 4.19. The smallest absolute Gasteiger partial charge is 0.427 e. The van der Waals surface area contributed by atoms with Gasteiger partial charge in [0.2, 0.25) is 0 Å². The molecular formula is C19H40BNO2. The average molecular weight is 325 g/mol. The van der Waals surface area contributed by atoms with E-state index < -0.39 is 12.4 Å². The van der Waals surface area contributed by atoms with Crippen molar-refractivity contribution in [3.05, 3.63) is 0 Å². The molecule has 0 aliphatic heterocycles. The maximum Gasteiger partial charge on any atom is 0.459 e. The SMILES string of the molecule is CC(C)C[C@H](N)C1(B(O)O)CCCCCCCCCCCCC1. The van der Waals surface area contributed by atoms with Crippen molar-refractivity contribution in [2.45, 2.75) is 115 Å². The summed E-state index contributed by atoms with van der Waals surface area (Å²) >= 11 is 0. The summed E-state index contributed by atoms with van der Waals surface area (Å²) in [6.07, 6.45) is 16.4. The third-order valence-corrected chi connectivity index (χ3v) is 5.76. The van der Waals surface area contributed by atoms with Gasteiger partial charge in [0.15, 0.2) is 0 Å². The number of hydrogen-bond acceptors (Lipinski definition) is 3. The summed E-state index contributed by atoms with van der Waals surface area (Å²) in [6.45, 7) is 4.33. The average Bonchev–Trinajstić information content (AvgIpc) is 2.48. The van der Waals surface area contributed by atoms with Crippen molar-refractivity contribution in [2.24, 2.45) is 11.7 Å². The maximum absolute atomic E-state index is 10.2. The molecule has 3 nitrogen and oxygen atoms in total. The minimum Gasteiger partial charge on any atom is -0.427 e. The van der Waals surface area contributed by atoms with Crippen molar-refractivity contribution in [3.63, 3.8) is 0 Å². The molecule has 0 aromatic rings. The van der Waals surface area contributed by atoms with Crippen LogP contribution in [-0.4, -0.2) is 23.2 Å². The second-order valence-corrected chi connectivity index (χ2v) is 8.23. The van der Waals surface area contributed by atoms with E-state index in [1.807, 2.05) is 0 Å². The molecule has 0 radical (unpaired) electrons. The Bertz CT molecular complexity index is 283. The van der Waals surface area contributed by atoms with Gasteiger partial charge >= 0.3 is 7.12 Å². The lowest BCUT2D eigenvalue weighted by Gasteiger charge is -2.39. The first kappa shape index (κ1) is 21.0. The van der Waals surface area contributed by atoms with Gasteiger partial charge < -0.3 is 15.8 Å². The minimum absolute atomic E-state index is 0.115. The molecule has 0 spiro atoms. The van der Waals surface area contributed by atoms with Crippen LogP contribution in [0.2, 0.25) is 5.31 Å². The Morgan fingerprint density at radius 2 is 1.13 bits per heavy atom. The van der Waals surface area contributed by atoms with Gasteiger partial charge in [0.25, 0.3) is 0 Å². The summed E-state index contributed by atoms with van der Waals surface area (Å²) in [7, 11) is -1.29. The summed E-state index contributed by atoms with van der Waals surface area (Å²) in [5, 5.41) is 19.9. The molecule has 1 atom stereocenters. The van der Waals surface area contributed by atoms with Crippen molar-refractivity contribution >= 4 is 7.12 Å². The van der Waals surface area contributed by atoms with E-state index in [0.29, 0.717) is 5.92 Å². The molecule has 136 valence electrons. The van der Waals surface area contributed by atoms with Gasteiger partial charge in [-0.2, -0.15) is 0 Å². The van der Waals surface area contributed by atoms with Crippen LogP contribution in [0.3, 0.4) is 0 Å². The molecule has 0 aromatic carbocycles. The van der Waals surface area contributed by atoms with Crippen LogP contribution < -0.4 is 5.73 Å². The molecule has 4 N–H and O–H groups in total. The Morgan fingerprint density at radius 3 is 1.43 bits per heavy atom. The van der Waals surface area contributed by atoms with Crippen LogP contribution in [0.4, 0.5) is 0 Å². The van der Waals surface area contributed by atoms with E-state index in [4.69, 9.17) is 5.73 Å². The number of hydrogen-bond donors (Lipinski definition) is 3. The Morgan fingerprint density at radius 1 is 0.783 bits per heavy atom. The fraction of sp³-hybridized carbons (Fsp3) is 1.00. The zero-order valence-corrected chi connectivity index (χ0v) is 15.6. The van der Waals surface area contributed by atoms with Crippen molar-refractivity contribution < 1.29 is 10.0 Å². The molecule has 1 rings (SSSR count). The zero-order valence-electron chi connectivity index (χ0n) is 15.6. The van der Waals surface area contributed by atoms with Crippen LogP contribution in [0.5, 0.6) is 0 Å². The molecule has 1 aliphatic rings. The van der Waals surface area contributed by atoms with E-state index in [1.165, 1.54) is 57.8 Å².